The number of unbranched alkanes of at least 4 members (excludes halogenated alkanes) is 1. The fourth-order valence-corrected chi connectivity index (χ4v) is 4.83. The lowest BCUT2D eigenvalue weighted by atomic mass is 9.90. The molecule has 12 heteroatoms. The zero-order valence-corrected chi connectivity index (χ0v) is 23.8. The van der Waals surface area contributed by atoms with Crippen LogP contribution in [0.5, 0.6) is 0 Å². The molecule has 0 aliphatic heterocycles. The minimum absolute atomic E-state index is 0.00113. The van der Waals surface area contributed by atoms with E-state index >= 15 is 4.39 Å². The van der Waals surface area contributed by atoms with Crippen LogP contribution in [0.3, 0.4) is 0 Å². The Hall–Kier alpha value is -2.14. The summed E-state index contributed by atoms with van der Waals surface area (Å²) in [5, 5.41) is -0.00113. The monoisotopic (exact) mass is 591 g/mol. The maximum atomic E-state index is 15.1. The molecule has 0 N–H and O–H groups in total. The van der Waals surface area contributed by atoms with Crippen molar-refractivity contribution in [3.8, 4) is 0 Å². The number of anilines is 1. The van der Waals surface area contributed by atoms with E-state index in [1.807, 2.05) is 13.8 Å². The molecule has 38 heavy (non-hydrogen) atoms. The number of imide groups is 1. The molecule has 0 bridgehead atoms. The number of carbonyl (C=O) groups excluding carboxylic acids is 4. The minimum Gasteiger partial charge on any atom is -0.465 e. The molecule has 0 unspecified atom stereocenters. The molecule has 2 rings (SSSR count). The van der Waals surface area contributed by atoms with Gasteiger partial charge in [-0.15, -0.1) is 23.4 Å². The highest BCUT2D eigenvalue weighted by Gasteiger charge is 2.33. The molecule has 0 radical (unpaired) electrons. The van der Waals surface area contributed by atoms with Crippen molar-refractivity contribution in [1.82, 2.24) is 0 Å². The standard InChI is InChI=1S/C26H32Cl2FNO7S/c1-3-5-10-36-24(32)16-38-22-14-21(20(29)13-19(22)28)30(23(31)15-27)25(33)17-8-6-7-9-18(17)26(34)37-12-11-35-4-2/h13-14H,3-12,15-16H2,1-2H3. The molecule has 0 spiro atoms. The highest BCUT2D eigenvalue weighted by atomic mass is 35.5. The van der Waals surface area contributed by atoms with Crippen LogP contribution in [0.4, 0.5) is 10.1 Å². The maximum Gasteiger partial charge on any atom is 0.334 e. The van der Waals surface area contributed by atoms with Crippen molar-refractivity contribution in [3.05, 3.63) is 34.1 Å². The van der Waals surface area contributed by atoms with Gasteiger partial charge in [0, 0.05) is 22.6 Å². The summed E-state index contributed by atoms with van der Waals surface area (Å²) < 4.78 is 30.6. The highest BCUT2D eigenvalue weighted by Crippen LogP contribution is 2.36. The lowest BCUT2D eigenvalue weighted by molar-refractivity contribution is -0.141. The number of hydrogen-bond acceptors (Lipinski definition) is 8. The van der Waals surface area contributed by atoms with Gasteiger partial charge in [0.2, 0.25) is 5.91 Å². The number of benzene rings is 1. The van der Waals surface area contributed by atoms with E-state index in [-0.39, 0.29) is 65.2 Å². The summed E-state index contributed by atoms with van der Waals surface area (Å²) in [5.41, 5.74) is -0.169. The van der Waals surface area contributed by atoms with Gasteiger partial charge in [-0.2, -0.15) is 0 Å². The van der Waals surface area contributed by atoms with Crippen LogP contribution in [0.15, 0.2) is 28.2 Å². The van der Waals surface area contributed by atoms with Gasteiger partial charge in [-0.25, -0.2) is 14.1 Å². The first-order chi connectivity index (χ1) is 18.2. The first kappa shape index (κ1) is 32.1. The van der Waals surface area contributed by atoms with Crippen LogP contribution in [0, 0.1) is 5.82 Å². The van der Waals surface area contributed by atoms with Crippen molar-refractivity contribution in [2.75, 3.05) is 43.0 Å². The largest absolute Gasteiger partial charge is 0.465 e. The lowest BCUT2D eigenvalue weighted by Gasteiger charge is -2.26. The van der Waals surface area contributed by atoms with Gasteiger partial charge in [0.1, 0.15) is 18.3 Å². The summed E-state index contributed by atoms with van der Waals surface area (Å²) in [6.07, 6.45) is 3.34. The summed E-state index contributed by atoms with van der Waals surface area (Å²) in [6.45, 7) is 4.75. The number of ether oxygens (including phenoxy) is 3. The van der Waals surface area contributed by atoms with Crippen LogP contribution in [-0.4, -0.2) is 61.8 Å². The zero-order valence-electron chi connectivity index (χ0n) is 21.5. The molecule has 2 amide bonds. The summed E-state index contributed by atoms with van der Waals surface area (Å²) in [4.78, 5) is 52.1. The number of hydrogen-bond donors (Lipinski definition) is 0. The fraction of sp³-hybridized carbons (Fsp3) is 0.538. The molecule has 210 valence electrons. The van der Waals surface area contributed by atoms with Gasteiger partial charge >= 0.3 is 11.9 Å². The normalized spacial score (nSPS) is 13.3. The number of carbonyl (C=O) groups is 4. The number of halogens is 3. The van der Waals surface area contributed by atoms with Gasteiger partial charge in [-0.3, -0.25) is 14.4 Å². The van der Waals surface area contributed by atoms with Crippen molar-refractivity contribution in [1.29, 1.82) is 0 Å². The second-order valence-electron chi connectivity index (χ2n) is 8.26. The Balaban J connectivity index is 2.36. The quantitative estimate of drug-likeness (QED) is 0.122. The lowest BCUT2D eigenvalue weighted by Crippen LogP contribution is -2.40. The molecular formula is C26H32Cl2FNO7S. The van der Waals surface area contributed by atoms with Crippen LogP contribution in [0.25, 0.3) is 0 Å². The third-order valence-corrected chi connectivity index (χ3v) is 7.24. The van der Waals surface area contributed by atoms with Crippen LogP contribution >= 0.6 is 35.0 Å². The van der Waals surface area contributed by atoms with Crippen LogP contribution < -0.4 is 4.90 Å². The number of alkyl halides is 1. The highest BCUT2D eigenvalue weighted by molar-refractivity contribution is 8.00. The fourth-order valence-electron chi connectivity index (χ4n) is 3.65. The summed E-state index contributed by atoms with van der Waals surface area (Å²) in [6, 6.07) is 2.18. The number of rotatable bonds is 14. The Morgan fingerprint density at radius 1 is 1.03 bits per heavy atom. The SMILES string of the molecule is CCCCOC(=O)CSc1cc(N(C(=O)CCl)C(=O)C2=C(C(=O)OCCOCC)CCCC2)c(F)cc1Cl. The summed E-state index contributed by atoms with van der Waals surface area (Å²) in [5.74, 6) is -4.54. The van der Waals surface area contributed by atoms with Gasteiger partial charge < -0.3 is 14.2 Å². The van der Waals surface area contributed by atoms with E-state index in [9.17, 15) is 19.2 Å². The third-order valence-electron chi connectivity index (χ3n) is 5.55. The Morgan fingerprint density at radius 2 is 1.74 bits per heavy atom. The van der Waals surface area contributed by atoms with Crippen molar-refractivity contribution >= 4 is 64.4 Å². The summed E-state index contributed by atoms with van der Waals surface area (Å²) in [7, 11) is 0. The van der Waals surface area contributed by atoms with Crippen LogP contribution in [0.2, 0.25) is 5.02 Å². The molecule has 1 aliphatic carbocycles. The van der Waals surface area contributed by atoms with Gasteiger partial charge in [0.25, 0.3) is 5.91 Å². The smallest absolute Gasteiger partial charge is 0.334 e. The molecule has 0 heterocycles. The number of amides is 2. The second-order valence-corrected chi connectivity index (χ2v) is 9.95. The van der Waals surface area contributed by atoms with E-state index in [4.69, 9.17) is 37.4 Å². The average molecular weight is 593 g/mol. The third kappa shape index (κ3) is 9.25. The summed E-state index contributed by atoms with van der Waals surface area (Å²) >= 11 is 13.0. The predicted molar refractivity (Wildman–Crippen MR) is 144 cm³/mol. The Labute approximate surface area is 236 Å². The molecule has 0 saturated heterocycles. The topological polar surface area (TPSA) is 99.2 Å². The number of thioether (sulfide) groups is 1. The zero-order chi connectivity index (χ0) is 28.1. The molecular weight excluding hydrogens is 560 g/mol. The number of esters is 2. The molecule has 0 fully saturated rings. The van der Waals surface area contributed by atoms with Gasteiger partial charge in [-0.05, 0) is 51.2 Å². The molecule has 8 nitrogen and oxygen atoms in total. The Morgan fingerprint density at radius 3 is 2.39 bits per heavy atom. The van der Waals surface area contributed by atoms with Crippen molar-refractivity contribution < 1.29 is 37.8 Å². The maximum absolute atomic E-state index is 15.1. The van der Waals surface area contributed by atoms with Gasteiger partial charge in [0.05, 0.1) is 29.7 Å². The molecule has 0 atom stereocenters. The Bertz CT molecular complexity index is 1050. The van der Waals surface area contributed by atoms with E-state index in [1.54, 1.807) is 0 Å². The second kappa shape index (κ2) is 16.7. The van der Waals surface area contributed by atoms with Crippen molar-refractivity contribution in [2.45, 2.75) is 57.3 Å². The Kier molecular flexibility index (Phi) is 14.1. The number of nitrogens with zero attached hydrogens (tertiary/aromatic N) is 1. The van der Waals surface area contributed by atoms with Crippen molar-refractivity contribution in [3.63, 3.8) is 0 Å². The van der Waals surface area contributed by atoms with Crippen molar-refractivity contribution in [2.24, 2.45) is 0 Å². The first-order valence-corrected chi connectivity index (χ1v) is 14.3. The molecule has 0 saturated carbocycles. The molecule has 1 aliphatic rings. The minimum atomic E-state index is -0.936. The van der Waals surface area contributed by atoms with E-state index in [0.717, 1.165) is 30.7 Å². The van der Waals surface area contributed by atoms with Crippen LogP contribution in [-0.2, 0) is 33.4 Å². The van der Waals surface area contributed by atoms with Gasteiger partial charge in [-0.1, -0.05) is 24.9 Å². The molecule has 0 aromatic heterocycles. The van der Waals surface area contributed by atoms with E-state index in [2.05, 4.69) is 0 Å². The van der Waals surface area contributed by atoms with Gasteiger partial charge in [0.15, 0.2) is 0 Å². The van der Waals surface area contributed by atoms with E-state index in [0.29, 0.717) is 24.3 Å². The first-order valence-electron chi connectivity index (χ1n) is 12.4. The molecule has 1 aromatic carbocycles. The molecule has 1 aromatic rings. The van der Waals surface area contributed by atoms with E-state index < -0.39 is 35.5 Å². The van der Waals surface area contributed by atoms with Crippen LogP contribution in [0.1, 0.15) is 52.4 Å². The van der Waals surface area contributed by atoms with E-state index in [1.165, 1.54) is 6.07 Å². The predicted octanol–water partition coefficient (Wildman–Crippen LogP) is 5.46. The average Bonchev–Trinajstić information content (AvgIpc) is 2.91.